The van der Waals surface area contributed by atoms with Gasteiger partial charge in [0.15, 0.2) is 0 Å². The van der Waals surface area contributed by atoms with Gasteiger partial charge in [0.1, 0.15) is 5.75 Å². The lowest BCUT2D eigenvalue weighted by Gasteiger charge is -2.48. The summed E-state index contributed by atoms with van der Waals surface area (Å²) < 4.78 is 8.80. The van der Waals surface area contributed by atoms with Gasteiger partial charge in [0.05, 0.1) is 7.11 Å². The molecule has 1 saturated carbocycles. The smallest absolute Gasteiger partial charge is 0.119 e. The van der Waals surface area contributed by atoms with Gasteiger partial charge in [-0.1, -0.05) is 17.0 Å². The lowest BCUT2D eigenvalue weighted by molar-refractivity contribution is 0.160. The summed E-state index contributed by atoms with van der Waals surface area (Å²) in [5, 5.41) is 0. The van der Waals surface area contributed by atoms with Crippen LogP contribution in [0, 0.1) is 11.8 Å². The molecule has 1 nitrogen and oxygen atoms in total. The zero-order valence-electron chi connectivity index (χ0n) is 12.4. The number of halogens is 1. The summed E-state index contributed by atoms with van der Waals surface area (Å²) in [5.74, 6) is 3.80. The topological polar surface area (TPSA) is 9.23 Å². The van der Waals surface area contributed by atoms with Crippen LogP contribution in [0.25, 0.3) is 0 Å². The fraction of sp³-hybridized carbons (Fsp3) is 0.611. The van der Waals surface area contributed by atoms with E-state index in [9.17, 15) is 0 Å². The van der Waals surface area contributed by atoms with E-state index in [2.05, 4.69) is 29.1 Å². The summed E-state index contributed by atoms with van der Waals surface area (Å²) in [6, 6.07) is 6.82. The number of hydrogen-bond acceptors (Lipinski definition) is 1. The molecule has 3 aliphatic rings. The summed E-state index contributed by atoms with van der Waals surface area (Å²) in [4.78, 5) is 0. The Morgan fingerprint density at radius 3 is 3.05 bits per heavy atom. The van der Waals surface area contributed by atoms with E-state index < -0.39 is 0 Å². The van der Waals surface area contributed by atoms with Crippen LogP contribution in [0.3, 0.4) is 0 Å². The number of ether oxygens (including phenoxy) is 1. The van der Waals surface area contributed by atoms with Gasteiger partial charge in [-0.15, -0.1) is 20.7 Å². The second-order valence-corrected chi connectivity index (χ2v) is 10.8. The summed E-state index contributed by atoms with van der Waals surface area (Å²) in [6.07, 6.45) is 6.97. The Bertz CT molecular complexity index is 565. The van der Waals surface area contributed by atoms with Gasteiger partial charge in [0, 0.05) is 3.42 Å². The van der Waals surface area contributed by atoms with Crippen molar-refractivity contribution in [1.82, 2.24) is 0 Å². The molecule has 0 amide bonds. The summed E-state index contributed by atoms with van der Waals surface area (Å²) >= 11 is 0.342. The van der Waals surface area contributed by atoms with Gasteiger partial charge >= 0.3 is 0 Å². The van der Waals surface area contributed by atoms with Crippen molar-refractivity contribution in [2.75, 3.05) is 7.11 Å². The number of benzene rings is 1. The Kier molecular flexibility index (Phi) is 3.21. The molecule has 3 unspecified atom stereocenters. The standard InChI is InChI=1S/C18H23IO/c1-18-9-7-15-14-6-4-13(20-2)11-12(14)3-5-16(15)17(18)8-10-19-18/h4,6,10-11,15-17H,3,5,7-9H2,1-2H3/t15?,16?,17?,18-/m0/s1. The Labute approximate surface area is 131 Å². The Morgan fingerprint density at radius 1 is 1.30 bits per heavy atom. The molecule has 0 saturated heterocycles. The van der Waals surface area contributed by atoms with E-state index in [1.54, 1.807) is 18.2 Å². The van der Waals surface area contributed by atoms with E-state index in [4.69, 9.17) is 4.74 Å². The number of rotatable bonds is 1. The summed E-state index contributed by atoms with van der Waals surface area (Å²) in [5.41, 5.74) is 3.21. The first-order valence-electron chi connectivity index (χ1n) is 7.84. The first-order chi connectivity index (χ1) is 9.71. The molecule has 1 aromatic rings. The first kappa shape index (κ1) is 13.3. The molecule has 4 atom stereocenters. The molecule has 2 heteroatoms. The van der Waals surface area contributed by atoms with Crippen LogP contribution in [-0.4, -0.2) is 14.5 Å². The number of fused-ring (bicyclic) bond motifs is 5. The van der Waals surface area contributed by atoms with Crippen LogP contribution in [0.1, 0.15) is 49.7 Å². The highest BCUT2D eigenvalue weighted by atomic mass is 127. The second kappa shape index (κ2) is 4.82. The zero-order valence-corrected chi connectivity index (χ0v) is 14.5. The molecule has 0 radical (unpaired) electrons. The van der Waals surface area contributed by atoms with E-state index in [1.807, 2.05) is 0 Å². The molecule has 1 aromatic carbocycles. The third-order valence-corrected chi connectivity index (χ3v) is 9.63. The lowest BCUT2D eigenvalue weighted by atomic mass is 9.60. The number of aryl methyl sites for hydroxylation is 1. The fourth-order valence-corrected chi connectivity index (χ4v) is 8.44. The van der Waals surface area contributed by atoms with E-state index in [0.717, 1.165) is 26.9 Å². The molecular formula is C18H23IO. The lowest BCUT2D eigenvalue weighted by Crippen LogP contribution is -2.42. The zero-order chi connectivity index (χ0) is 13.7. The number of methoxy groups -OCH3 is 1. The third-order valence-electron chi connectivity index (χ3n) is 5.92. The van der Waals surface area contributed by atoms with Crippen LogP contribution < -0.4 is 4.74 Å². The number of hydrogen-bond donors (Lipinski definition) is 0. The van der Waals surface area contributed by atoms with Crippen LogP contribution in [0.4, 0.5) is 0 Å². The van der Waals surface area contributed by atoms with Gasteiger partial charge in [-0.25, -0.2) is 0 Å². The van der Waals surface area contributed by atoms with Crippen molar-refractivity contribution in [1.29, 1.82) is 0 Å². The van der Waals surface area contributed by atoms with Gasteiger partial charge in [-0.3, -0.25) is 0 Å². The molecule has 1 fully saturated rings. The molecule has 0 aromatic heterocycles. The molecule has 20 heavy (non-hydrogen) atoms. The van der Waals surface area contributed by atoms with Crippen molar-refractivity contribution >= 4 is 24.7 Å². The summed E-state index contributed by atoms with van der Waals surface area (Å²) in [7, 11) is 1.78. The molecule has 0 bridgehead atoms. The van der Waals surface area contributed by atoms with Crippen molar-refractivity contribution in [3.63, 3.8) is 0 Å². The van der Waals surface area contributed by atoms with E-state index in [0.29, 0.717) is 20.7 Å². The predicted octanol–water partition coefficient (Wildman–Crippen LogP) is 4.69. The Balaban J connectivity index is 1.70. The van der Waals surface area contributed by atoms with Crippen molar-refractivity contribution in [3.05, 3.63) is 29.3 Å². The molecule has 4 rings (SSSR count). The number of alkyl halides is 1. The van der Waals surface area contributed by atoms with Crippen molar-refractivity contribution < 1.29 is 4.74 Å². The first-order valence-corrected chi connectivity index (χ1v) is 10.2. The molecule has 0 N–H and O–H groups in total. The SMILES string of the molecule is COc1ccc2c(c1)CCC1C2CC[C@]2(C)I=CCC12. The largest absolute Gasteiger partial charge is 0.497 e. The third kappa shape index (κ3) is 1.90. The maximum Gasteiger partial charge on any atom is 0.119 e. The van der Waals surface area contributed by atoms with Crippen LogP contribution in [0.5, 0.6) is 5.75 Å². The average molecular weight is 382 g/mol. The fourth-order valence-electron chi connectivity index (χ4n) is 4.83. The summed E-state index contributed by atoms with van der Waals surface area (Å²) in [6.45, 7) is 2.59. The molecular weight excluding hydrogens is 359 g/mol. The van der Waals surface area contributed by atoms with Gasteiger partial charge in [0.25, 0.3) is 0 Å². The van der Waals surface area contributed by atoms with Gasteiger partial charge < -0.3 is 4.74 Å². The average Bonchev–Trinajstić information content (AvgIpc) is 2.88. The van der Waals surface area contributed by atoms with Crippen molar-refractivity contribution in [2.45, 2.75) is 48.4 Å². The van der Waals surface area contributed by atoms with Crippen molar-refractivity contribution in [3.8, 4) is 5.75 Å². The van der Waals surface area contributed by atoms with Crippen LogP contribution >= 0.6 is 20.7 Å². The minimum Gasteiger partial charge on any atom is -0.497 e. The van der Waals surface area contributed by atoms with Gasteiger partial charge in [-0.05, 0) is 73.1 Å². The molecule has 1 aliphatic heterocycles. The molecule has 2 aliphatic carbocycles. The van der Waals surface area contributed by atoms with Crippen LogP contribution in [0.15, 0.2) is 18.2 Å². The minimum absolute atomic E-state index is 0.342. The van der Waals surface area contributed by atoms with Crippen molar-refractivity contribution in [2.24, 2.45) is 11.8 Å². The highest BCUT2D eigenvalue weighted by Crippen LogP contribution is 2.58. The molecule has 108 valence electrons. The second-order valence-electron chi connectivity index (χ2n) is 6.80. The van der Waals surface area contributed by atoms with Crippen LogP contribution in [-0.2, 0) is 6.42 Å². The Hall–Kier alpha value is -0.380. The van der Waals surface area contributed by atoms with Crippen LogP contribution in [0.2, 0.25) is 0 Å². The van der Waals surface area contributed by atoms with Gasteiger partial charge in [0.2, 0.25) is 0 Å². The molecule has 0 spiro atoms. The minimum atomic E-state index is 0.342. The highest BCUT2D eigenvalue weighted by molar-refractivity contribution is 14.2. The van der Waals surface area contributed by atoms with Gasteiger partial charge in [-0.2, -0.15) is 0 Å². The van der Waals surface area contributed by atoms with E-state index in [1.165, 1.54) is 32.1 Å². The molecule has 1 heterocycles. The monoisotopic (exact) mass is 382 g/mol. The quantitative estimate of drug-likeness (QED) is 0.506. The Morgan fingerprint density at radius 2 is 2.20 bits per heavy atom. The predicted molar refractivity (Wildman–Crippen MR) is 93.4 cm³/mol. The highest BCUT2D eigenvalue weighted by Gasteiger charge is 2.48. The maximum atomic E-state index is 5.40. The van der Waals surface area contributed by atoms with E-state index >= 15 is 0 Å². The van der Waals surface area contributed by atoms with E-state index in [-0.39, 0.29) is 0 Å². The maximum absolute atomic E-state index is 5.40. The normalized spacial score (nSPS) is 38.4.